The Kier molecular flexibility index (Phi) is 4.63. The van der Waals surface area contributed by atoms with Crippen LogP contribution in [-0.4, -0.2) is 26.4 Å². The summed E-state index contributed by atoms with van der Waals surface area (Å²) in [5, 5.41) is 14.5. The molecule has 130 valence electrons. The predicted molar refractivity (Wildman–Crippen MR) is 97.6 cm³/mol. The Hall–Kier alpha value is -2.06. The summed E-state index contributed by atoms with van der Waals surface area (Å²) in [6, 6.07) is 8.05. The maximum Gasteiger partial charge on any atom is 0.231 e. The van der Waals surface area contributed by atoms with Crippen molar-refractivity contribution in [3.8, 4) is 10.7 Å². The molecule has 1 amide bonds. The molecule has 8 heteroatoms. The van der Waals surface area contributed by atoms with Gasteiger partial charge in [-0.2, -0.15) is 0 Å². The molecule has 4 rings (SSSR count). The van der Waals surface area contributed by atoms with E-state index in [2.05, 4.69) is 26.1 Å². The van der Waals surface area contributed by atoms with Crippen LogP contribution in [0, 0.1) is 0 Å². The van der Waals surface area contributed by atoms with E-state index in [4.69, 9.17) is 4.42 Å². The fraction of sp³-hybridized carbons (Fsp3) is 0.353. The van der Waals surface area contributed by atoms with E-state index in [-0.39, 0.29) is 11.9 Å². The third-order valence-corrected chi connectivity index (χ3v) is 5.81. The lowest BCUT2D eigenvalue weighted by Gasteiger charge is -2.11. The summed E-state index contributed by atoms with van der Waals surface area (Å²) in [6.07, 6.45) is 3.90. The molecule has 6 nitrogen and oxygen atoms in total. The van der Waals surface area contributed by atoms with Crippen LogP contribution in [0.15, 0.2) is 45.5 Å². The minimum Gasteiger partial charge on any atom is -0.467 e. The minimum atomic E-state index is -0.147. The van der Waals surface area contributed by atoms with Gasteiger partial charge < -0.3 is 9.73 Å². The van der Waals surface area contributed by atoms with E-state index < -0.39 is 0 Å². The van der Waals surface area contributed by atoms with Crippen molar-refractivity contribution in [3.63, 3.8) is 0 Å². The van der Waals surface area contributed by atoms with Crippen LogP contribution in [0.4, 0.5) is 0 Å². The average molecular weight is 374 g/mol. The van der Waals surface area contributed by atoms with E-state index >= 15 is 0 Å². The fourth-order valence-electron chi connectivity index (χ4n) is 2.63. The molecule has 1 atom stereocenters. The SMILES string of the molecule is CC(NC(=O)CSc1nnc(-c2cccs2)n1C1CC1)c1ccco1. The van der Waals surface area contributed by atoms with Crippen molar-refractivity contribution in [3.05, 3.63) is 41.7 Å². The topological polar surface area (TPSA) is 73.0 Å². The number of hydrogen-bond acceptors (Lipinski definition) is 6. The molecular weight excluding hydrogens is 356 g/mol. The summed E-state index contributed by atoms with van der Waals surface area (Å²) in [5.74, 6) is 1.92. The van der Waals surface area contributed by atoms with E-state index in [9.17, 15) is 4.79 Å². The zero-order valence-electron chi connectivity index (χ0n) is 13.7. The Balaban J connectivity index is 1.42. The van der Waals surface area contributed by atoms with Crippen molar-refractivity contribution in [1.29, 1.82) is 0 Å². The Morgan fingerprint density at radius 3 is 3.00 bits per heavy atom. The number of carbonyl (C=O) groups excluding carboxylic acids is 1. The smallest absolute Gasteiger partial charge is 0.231 e. The molecule has 1 saturated carbocycles. The van der Waals surface area contributed by atoms with Gasteiger partial charge in [0.1, 0.15) is 5.76 Å². The fourth-order valence-corrected chi connectivity index (χ4v) is 4.16. The number of rotatable bonds is 7. The maximum atomic E-state index is 12.2. The monoisotopic (exact) mass is 374 g/mol. The van der Waals surface area contributed by atoms with Gasteiger partial charge in [-0.1, -0.05) is 17.8 Å². The lowest BCUT2D eigenvalue weighted by Crippen LogP contribution is -2.28. The summed E-state index contributed by atoms with van der Waals surface area (Å²) in [7, 11) is 0. The van der Waals surface area contributed by atoms with Crippen LogP contribution in [0.2, 0.25) is 0 Å². The van der Waals surface area contributed by atoms with Gasteiger partial charge in [0, 0.05) is 6.04 Å². The standard InChI is InChI=1S/C17H18N4O2S2/c1-11(13-4-2-8-23-13)18-15(22)10-25-17-20-19-16(14-5-3-9-24-14)21(17)12-6-7-12/h2-5,8-9,11-12H,6-7,10H2,1H3,(H,18,22). The molecule has 3 aromatic rings. The first kappa shape index (κ1) is 16.4. The molecule has 0 saturated heterocycles. The van der Waals surface area contributed by atoms with Crippen LogP contribution in [0.3, 0.4) is 0 Å². The lowest BCUT2D eigenvalue weighted by atomic mass is 10.2. The molecule has 1 fully saturated rings. The number of hydrogen-bond donors (Lipinski definition) is 1. The van der Waals surface area contributed by atoms with Gasteiger partial charge in [0.25, 0.3) is 0 Å². The van der Waals surface area contributed by atoms with Gasteiger partial charge in [-0.25, -0.2) is 0 Å². The summed E-state index contributed by atoms with van der Waals surface area (Å²) >= 11 is 3.09. The third-order valence-electron chi connectivity index (χ3n) is 4.00. The molecule has 1 aliphatic rings. The molecule has 0 bridgehead atoms. The van der Waals surface area contributed by atoms with Crippen LogP contribution in [0.1, 0.15) is 37.6 Å². The molecule has 1 N–H and O–H groups in total. The highest BCUT2D eigenvalue weighted by atomic mass is 32.2. The van der Waals surface area contributed by atoms with Crippen molar-refractivity contribution in [2.75, 3.05) is 5.75 Å². The Morgan fingerprint density at radius 2 is 2.32 bits per heavy atom. The maximum absolute atomic E-state index is 12.2. The quantitative estimate of drug-likeness (QED) is 0.635. The van der Waals surface area contributed by atoms with Gasteiger partial charge in [-0.05, 0) is 43.3 Å². The molecule has 0 spiro atoms. The second-order valence-electron chi connectivity index (χ2n) is 5.98. The first-order chi connectivity index (χ1) is 12.2. The minimum absolute atomic E-state index is 0.0445. The van der Waals surface area contributed by atoms with Crippen LogP contribution >= 0.6 is 23.1 Å². The number of thioether (sulfide) groups is 1. The van der Waals surface area contributed by atoms with Crippen LogP contribution in [0.25, 0.3) is 10.7 Å². The number of carbonyl (C=O) groups is 1. The Labute approximate surface area is 153 Å². The van der Waals surface area contributed by atoms with E-state index in [0.717, 1.165) is 34.5 Å². The van der Waals surface area contributed by atoms with Gasteiger partial charge in [0.15, 0.2) is 11.0 Å². The summed E-state index contributed by atoms with van der Waals surface area (Å²) in [5.41, 5.74) is 0. The summed E-state index contributed by atoms with van der Waals surface area (Å²) in [6.45, 7) is 1.91. The molecule has 3 heterocycles. The second kappa shape index (κ2) is 7.05. The molecule has 1 aliphatic carbocycles. The van der Waals surface area contributed by atoms with E-state index in [1.54, 1.807) is 17.6 Å². The van der Waals surface area contributed by atoms with Crippen molar-refractivity contribution >= 4 is 29.0 Å². The highest BCUT2D eigenvalue weighted by molar-refractivity contribution is 7.99. The normalized spacial score (nSPS) is 15.2. The Bertz CT molecular complexity index is 838. The molecule has 3 aromatic heterocycles. The molecule has 0 aromatic carbocycles. The lowest BCUT2D eigenvalue weighted by molar-refractivity contribution is -0.119. The number of thiophene rings is 1. The van der Waals surface area contributed by atoms with E-state index in [1.807, 2.05) is 30.5 Å². The zero-order valence-corrected chi connectivity index (χ0v) is 15.3. The average Bonchev–Trinajstić information content (AvgIpc) is 3.06. The van der Waals surface area contributed by atoms with Crippen molar-refractivity contribution < 1.29 is 9.21 Å². The number of nitrogens with zero attached hydrogens (tertiary/aromatic N) is 3. The van der Waals surface area contributed by atoms with Gasteiger partial charge in [-0.15, -0.1) is 21.5 Å². The van der Waals surface area contributed by atoms with Crippen LogP contribution < -0.4 is 5.32 Å². The van der Waals surface area contributed by atoms with Gasteiger partial charge in [-0.3, -0.25) is 9.36 Å². The second-order valence-corrected chi connectivity index (χ2v) is 7.87. The zero-order chi connectivity index (χ0) is 17.2. The van der Waals surface area contributed by atoms with Crippen LogP contribution in [-0.2, 0) is 4.79 Å². The van der Waals surface area contributed by atoms with E-state index in [0.29, 0.717) is 11.8 Å². The van der Waals surface area contributed by atoms with Crippen molar-refractivity contribution in [1.82, 2.24) is 20.1 Å². The number of nitrogens with one attached hydrogen (secondary N) is 1. The molecule has 25 heavy (non-hydrogen) atoms. The molecular formula is C17H18N4O2S2. The Morgan fingerprint density at radius 1 is 1.44 bits per heavy atom. The largest absolute Gasteiger partial charge is 0.467 e. The predicted octanol–water partition coefficient (Wildman–Crippen LogP) is 3.90. The number of furan rings is 1. The van der Waals surface area contributed by atoms with E-state index in [1.165, 1.54) is 11.8 Å². The van der Waals surface area contributed by atoms with Crippen molar-refractivity contribution in [2.24, 2.45) is 0 Å². The number of aromatic nitrogens is 3. The first-order valence-corrected chi connectivity index (χ1v) is 10.0. The number of amides is 1. The highest BCUT2D eigenvalue weighted by Crippen LogP contribution is 2.41. The third kappa shape index (κ3) is 3.64. The van der Waals surface area contributed by atoms with Gasteiger partial charge >= 0.3 is 0 Å². The van der Waals surface area contributed by atoms with Crippen molar-refractivity contribution in [2.45, 2.75) is 37.0 Å². The van der Waals surface area contributed by atoms with Crippen LogP contribution in [0.5, 0.6) is 0 Å². The molecule has 0 radical (unpaired) electrons. The summed E-state index contributed by atoms with van der Waals surface area (Å²) < 4.78 is 7.50. The summed E-state index contributed by atoms with van der Waals surface area (Å²) in [4.78, 5) is 13.3. The molecule has 0 aliphatic heterocycles. The molecule has 1 unspecified atom stereocenters. The first-order valence-electron chi connectivity index (χ1n) is 8.16. The van der Waals surface area contributed by atoms with Gasteiger partial charge in [0.05, 0.1) is 22.9 Å². The highest BCUT2D eigenvalue weighted by Gasteiger charge is 2.30. The van der Waals surface area contributed by atoms with Gasteiger partial charge in [0.2, 0.25) is 5.91 Å².